The van der Waals surface area contributed by atoms with E-state index in [1.165, 1.54) is 4.88 Å². The Hall–Kier alpha value is -1.13. The highest BCUT2D eigenvalue weighted by Crippen LogP contribution is 2.25. The topological polar surface area (TPSA) is 46.3 Å². The van der Waals surface area contributed by atoms with Crippen LogP contribution in [-0.2, 0) is 6.42 Å². The molecule has 2 aromatic heterocycles. The molecular weight excluding hydrogens is 222 g/mol. The number of aryl methyl sites for hydroxylation is 3. The van der Waals surface area contributed by atoms with Crippen molar-refractivity contribution in [1.82, 2.24) is 4.98 Å². The summed E-state index contributed by atoms with van der Waals surface area (Å²) in [6.45, 7) is 5.90. The standard InChI is InChI=1S/C12H15NO2S/c1-7-9(3)16-12(13-7)6-11(14)10-4-5-15-8(10)2/h4-5,11,14H,6H2,1-3H3. The molecule has 0 amide bonds. The lowest BCUT2D eigenvalue weighted by atomic mass is 10.1. The van der Waals surface area contributed by atoms with Crippen molar-refractivity contribution in [2.45, 2.75) is 33.3 Å². The van der Waals surface area contributed by atoms with Gasteiger partial charge in [0.2, 0.25) is 0 Å². The maximum absolute atomic E-state index is 10.1. The van der Waals surface area contributed by atoms with Crippen molar-refractivity contribution in [2.24, 2.45) is 0 Å². The summed E-state index contributed by atoms with van der Waals surface area (Å²) in [6.07, 6.45) is 1.63. The summed E-state index contributed by atoms with van der Waals surface area (Å²) in [4.78, 5) is 5.63. The Bertz CT molecular complexity index is 467. The third kappa shape index (κ3) is 2.18. The minimum Gasteiger partial charge on any atom is -0.469 e. The Morgan fingerprint density at radius 1 is 1.44 bits per heavy atom. The van der Waals surface area contributed by atoms with Crippen LogP contribution < -0.4 is 0 Å². The summed E-state index contributed by atoms with van der Waals surface area (Å²) in [5.41, 5.74) is 1.90. The number of aromatic nitrogens is 1. The predicted molar refractivity (Wildman–Crippen MR) is 63.7 cm³/mol. The quantitative estimate of drug-likeness (QED) is 0.892. The van der Waals surface area contributed by atoms with E-state index in [0.29, 0.717) is 6.42 Å². The van der Waals surface area contributed by atoms with Crippen molar-refractivity contribution in [3.05, 3.63) is 39.2 Å². The van der Waals surface area contributed by atoms with Crippen LogP contribution in [0.5, 0.6) is 0 Å². The second-order valence-corrected chi connectivity index (χ2v) is 5.19. The van der Waals surface area contributed by atoms with Gasteiger partial charge in [-0.1, -0.05) is 0 Å². The molecule has 0 aromatic carbocycles. The van der Waals surface area contributed by atoms with Crippen LogP contribution in [0.2, 0.25) is 0 Å². The monoisotopic (exact) mass is 237 g/mol. The molecule has 0 fully saturated rings. The first-order valence-electron chi connectivity index (χ1n) is 5.23. The molecule has 3 nitrogen and oxygen atoms in total. The fraction of sp³-hybridized carbons (Fsp3) is 0.417. The van der Waals surface area contributed by atoms with E-state index in [2.05, 4.69) is 4.98 Å². The average Bonchev–Trinajstić information content (AvgIpc) is 2.74. The fourth-order valence-electron chi connectivity index (χ4n) is 1.64. The normalized spacial score (nSPS) is 13.0. The largest absolute Gasteiger partial charge is 0.469 e. The van der Waals surface area contributed by atoms with Gasteiger partial charge in [0.1, 0.15) is 5.76 Å². The number of aliphatic hydroxyl groups excluding tert-OH is 1. The van der Waals surface area contributed by atoms with Crippen LogP contribution in [0.4, 0.5) is 0 Å². The highest BCUT2D eigenvalue weighted by molar-refractivity contribution is 7.11. The number of furan rings is 1. The maximum atomic E-state index is 10.1. The number of rotatable bonds is 3. The van der Waals surface area contributed by atoms with Crippen LogP contribution in [0.1, 0.15) is 33.0 Å². The molecule has 1 atom stereocenters. The van der Waals surface area contributed by atoms with E-state index in [1.54, 1.807) is 17.6 Å². The molecular formula is C12H15NO2S. The van der Waals surface area contributed by atoms with Gasteiger partial charge in [-0.05, 0) is 26.8 Å². The first-order chi connectivity index (χ1) is 7.58. The van der Waals surface area contributed by atoms with Crippen molar-refractivity contribution in [2.75, 3.05) is 0 Å². The Labute approximate surface area is 98.8 Å². The van der Waals surface area contributed by atoms with Crippen LogP contribution in [0, 0.1) is 20.8 Å². The van der Waals surface area contributed by atoms with E-state index in [4.69, 9.17) is 4.42 Å². The van der Waals surface area contributed by atoms with E-state index < -0.39 is 6.10 Å². The van der Waals surface area contributed by atoms with Gasteiger partial charge >= 0.3 is 0 Å². The third-order valence-electron chi connectivity index (χ3n) is 2.70. The Balaban J connectivity index is 2.13. The molecule has 1 unspecified atom stereocenters. The zero-order valence-electron chi connectivity index (χ0n) is 9.65. The van der Waals surface area contributed by atoms with Gasteiger partial charge in [-0.25, -0.2) is 4.98 Å². The lowest BCUT2D eigenvalue weighted by Gasteiger charge is -2.06. The average molecular weight is 237 g/mol. The van der Waals surface area contributed by atoms with Gasteiger partial charge in [0, 0.05) is 16.9 Å². The van der Waals surface area contributed by atoms with Crippen LogP contribution in [0.15, 0.2) is 16.7 Å². The highest BCUT2D eigenvalue weighted by Gasteiger charge is 2.15. The molecule has 0 bridgehead atoms. The number of hydrogen-bond donors (Lipinski definition) is 1. The Morgan fingerprint density at radius 2 is 2.19 bits per heavy atom. The second-order valence-electron chi connectivity index (χ2n) is 3.90. The van der Waals surface area contributed by atoms with Crippen LogP contribution >= 0.6 is 11.3 Å². The van der Waals surface area contributed by atoms with Gasteiger partial charge < -0.3 is 9.52 Å². The first kappa shape index (κ1) is 11.4. The molecule has 2 rings (SSSR count). The van der Waals surface area contributed by atoms with Crippen molar-refractivity contribution in [3.8, 4) is 0 Å². The van der Waals surface area contributed by atoms with Crippen molar-refractivity contribution in [1.29, 1.82) is 0 Å². The SMILES string of the molecule is Cc1nc(CC(O)c2ccoc2C)sc1C. The summed E-state index contributed by atoms with van der Waals surface area (Å²) in [5.74, 6) is 0.775. The first-order valence-corrected chi connectivity index (χ1v) is 6.04. The molecule has 2 heterocycles. The molecule has 0 saturated heterocycles. The Kier molecular flexibility index (Phi) is 3.12. The van der Waals surface area contributed by atoms with Crippen LogP contribution in [0.3, 0.4) is 0 Å². The number of nitrogens with zero attached hydrogens (tertiary/aromatic N) is 1. The lowest BCUT2D eigenvalue weighted by molar-refractivity contribution is 0.176. The number of aliphatic hydroxyl groups is 1. The van der Waals surface area contributed by atoms with E-state index >= 15 is 0 Å². The number of hydrogen-bond acceptors (Lipinski definition) is 4. The van der Waals surface area contributed by atoms with Gasteiger partial charge in [-0.3, -0.25) is 0 Å². The van der Waals surface area contributed by atoms with Gasteiger partial charge in [-0.15, -0.1) is 11.3 Å². The molecule has 1 N–H and O–H groups in total. The zero-order chi connectivity index (χ0) is 11.7. The number of thiazole rings is 1. The maximum Gasteiger partial charge on any atom is 0.106 e. The van der Waals surface area contributed by atoms with Gasteiger partial charge in [0.05, 0.1) is 23.1 Å². The van der Waals surface area contributed by atoms with Crippen molar-refractivity contribution >= 4 is 11.3 Å². The van der Waals surface area contributed by atoms with Crippen molar-refractivity contribution in [3.63, 3.8) is 0 Å². The smallest absolute Gasteiger partial charge is 0.106 e. The molecule has 0 saturated carbocycles. The predicted octanol–water partition coefficient (Wildman–Crippen LogP) is 2.94. The summed E-state index contributed by atoms with van der Waals surface area (Å²) >= 11 is 1.64. The molecule has 0 aliphatic heterocycles. The van der Waals surface area contributed by atoms with E-state index in [-0.39, 0.29) is 0 Å². The van der Waals surface area contributed by atoms with Gasteiger partial charge in [-0.2, -0.15) is 0 Å². The highest BCUT2D eigenvalue weighted by atomic mass is 32.1. The molecule has 0 aliphatic rings. The van der Waals surface area contributed by atoms with Gasteiger partial charge in [0.25, 0.3) is 0 Å². The lowest BCUT2D eigenvalue weighted by Crippen LogP contribution is -2.01. The van der Waals surface area contributed by atoms with E-state index in [1.807, 2.05) is 26.8 Å². The molecule has 16 heavy (non-hydrogen) atoms. The summed E-state index contributed by atoms with van der Waals surface area (Å²) in [7, 11) is 0. The van der Waals surface area contributed by atoms with Gasteiger partial charge in [0.15, 0.2) is 0 Å². The third-order valence-corrected chi connectivity index (χ3v) is 3.79. The van der Waals surface area contributed by atoms with E-state index in [9.17, 15) is 5.11 Å². The van der Waals surface area contributed by atoms with Crippen LogP contribution in [0.25, 0.3) is 0 Å². The molecule has 86 valence electrons. The molecule has 2 aromatic rings. The fourth-order valence-corrected chi connectivity index (χ4v) is 2.61. The second kappa shape index (κ2) is 4.39. The summed E-state index contributed by atoms with van der Waals surface area (Å²) < 4.78 is 5.18. The molecule has 0 aliphatic carbocycles. The zero-order valence-corrected chi connectivity index (χ0v) is 10.5. The molecule has 0 spiro atoms. The summed E-state index contributed by atoms with van der Waals surface area (Å²) in [5, 5.41) is 11.0. The minimum absolute atomic E-state index is 0.524. The molecule has 4 heteroatoms. The summed E-state index contributed by atoms with van der Waals surface area (Å²) in [6, 6.07) is 1.81. The molecule has 0 radical (unpaired) electrons. The van der Waals surface area contributed by atoms with Crippen molar-refractivity contribution < 1.29 is 9.52 Å². The van der Waals surface area contributed by atoms with Crippen LogP contribution in [-0.4, -0.2) is 10.1 Å². The Morgan fingerprint density at radius 3 is 2.69 bits per heavy atom. The van der Waals surface area contributed by atoms with E-state index in [0.717, 1.165) is 22.0 Å². The minimum atomic E-state index is -0.524.